The van der Waals surface area contributed by atoms with Crippen LogP contribution < -0.4 is 5.32 Å². The number of pyridine rings is 1. The highest BCUT2D eigenvalue weighted by Crippen LogP contribution is 2.20. The second kappa shape index (κ2) is 5.28. The molecule has 0 unspecified atom stereocenters. The Morgan fingerprint density at radius 3 is 2.86 bits per heavy atom. The van der Waals surface area contributed by atoms with Crippen molar-refractivity contribution in [3.05, 3.63) is 48.3 Å². The fourth-order valence-corrected chi connectivity index (χ4v) is 2.16. The van der Waals surface area contributed by atoms with Gasteiger partial charge in [0.1, 0.15) is 6.33 Å². The van der Waals surface area contributed by atoms with Crippen molar-refractivity contribution in [3.63, 3.8) is 0 Å². The van der Waals surface area contributed by atoms with Crippen LogP contribution in [-0.2, 0) is 0 Å². The number of nitrogens with one attached hydrogen (secondary N) is 1. The Balaban J connectivity index is 2.03. The molecule has 0 radical (unpaired) electrons. The third-order valence-corrected chi connectivity index (χ3v) is 3.05. The van der Waals surface area contributed by atoms with Crippen molar-refractivity contribution >= 4 is 17.4 Å². The minimum atomic E-state index is -0.239. The summed E-state index contributed by atoms with van der Waals surface area (Å²) in [6.07, 6.45) is 6.20. The minimum Gasteiger partial charge on any atom is -0.320 e. The largest absolute Gasteiger partial charge is 0.320 e. The molecule has 0 saturated heterocycles. The Bertz CT molecular complexity index is 781. The first kappa shape index (κ1) is 13.2. The smallest absolute Gasteiger partial charge is 0.259 e. The molecule has 0 bridgehead atoms. The summed E-state index contributed by atoms with van der Waals surface area (Å²) in [5, 5.41) is 6.95. The van der Waals surface area contributed by atoms with E-state index in [4.69, 9.17) is 0 Å². The molecule has 0 aliphatic carbocycles. The number of aromatic nitrogens is 5. The fourth-order valence-electron chi connectivity index (χ4n) is 2.16. The van der Waals surface area contributed by atoms with Crippen LogP contribution >= 0.6 is 0 Å². The molecule has 0 saturated carbocycles. The van der Waals surface area contributed by atoms with Crippen molar-refractivity contribution in [2.75, 3.05) is 5.32 Å². The van der Waals surface area contributed by atoms with Crippen LogP contribution in [0.15, 0.2) is 37.1 Å². The van der Waals surface area contributed by atoms with Crippen LogP contribution in [0.1, 0.15) is 35.8 Å². The van der Waals surface area contributed by atoms with Crippen LogP contribution in [0.3, 0.4) is 0 Å². The lowest BCUT2D eigenvalue weighted by Gasteiger charge is -2.13. The van der Waals surface area contributed by atoms with Crippen LogP contribution in [0.25, 0.3) is 5.78 Å². The van der Waals surface area contributed by atoms with Crippen molar-refractivity contribution in [2.45, 2.75) is 19.8 Å². The van der Waals surface area contributed by atoms with Gasteiger partial charge in [0.25, 0.3) is 11.7 Å². The molecule has 0 fully saturated rings. The van der Waals surface area contributed by atoms with E-state index in [9.17, 15) is 4.79 Å². The van der Waals surface area contributed by atoms with E-state index in [-0.39, 0.29) is 11.8 Å². The van der Waals surface area contributed by atoms with Gasteiger partial charge in [0.2, 0.25) is 0 Å². The van der Waals surface area contributed by atoms with Gasteiger partial charge in [0, 0.05) is 12.4 Å². The predicted molar refractivity (Wildman–Crippen MR) is 77.1 cm³/mol. The van der Waals surface area contributed by atoms with E-state index in [0.717, 1.165) is 5.69 Å². The van der Waals surface area contributed by atoms with Crippen molar-refractivity contribution < 1.29 is 4.79 Å². The fraction of sp³-hybridized carbons (Fsp3) is 0.214. The molecular formula is C14H14N6O. The molecule has 0 aromatic carbocycles. The number of rotatable bonds is 3. The van der Waals surface area contributed by atoms with E-state index in [1.165, 1.54) is 12.5 Å². The SMILES string of the molecule is CC(C)c1c(C(=O)Nc2cccnc2)cnc2ncnn12. The lowest BCUT2D eigenvalue weighted by molar-refractivity contribution is 0.102. The average molecular weight is 282 g/mol. The first-order chi connectivity index (χ1) is 10.2. The molecule has 3 aromatic rings. The third kappa shape index (κ3) is 2.45. The predicted octanol–water partition coefficient (Wildman–Crippen LogP) is 1.90. The highest BCUT2D eigenvalue weighted by atomic mass is 16.1. The Kier molecular flexibility index (Phi) is 3.31. The van der Waals surface area contributed by atoms with Crippen molar-refractivity contribution in [1.82, 2.24) is 24.6 Å². The zero-order valence-corrected chi connectivity index (χ0v) is 11.7. The highest BCUT2D eigenvalue weighted by Gasteiger charge is 2.19. The number of carbonyl (C=O) groups is 1. The molecule has 0 aliphatic heterocycles. The van der Waals surface area contributed by atoms with Gasteiger partial charge in [-0.25, -0.2) is 9.50 Å². The zero-order valence-electron chi connectivity index (χ0n) is 11.7. The van der Waals surface area contributed by atoms with Crippen molar-refractivity contribution in [3.8, 4) is 0 Å². The van der Waals surface area contributed by atoms with Crippen LogP contribution in [0.5, 0.6) is 0 Å². The maximum Gasteiger partial charge on any atom is 0.259 e. The molecule has 0 spiro atoms. The molecule has 7 nitrogen and oxygen atoms in total. The summed E-state index contributed by atoms with van der Waals surface area (Å²) in [6, 6.07) is 3.54. The Morgan fingerprint density at radius 1 is 1.29 bits per heavy atom. The molecule has 1 N–H and O–H groups in total. The second-order valence-corrected chi connectivity index (χ2v) is 4.88. The summed E-state index contributed by atoms with van der Waals surface area (Å²) in [7, 11) is 0. The van der Waals surface area contributed by atoms with E-state index < -0.39 is 0 Å². The highest BCUT2D eigenvalue weighted by molar-refractivity contribution is 6.05. The van der Waals surface area contributed by atoms with Gasteiger partial charge in [0.05, 0.1) is 23.1 Å². The van der Waals surface area contributed by atoms with Gasteiger partial charge in [0.15, 0.2) is 0 Å². The number of amides is 1. The Morgan fingerprint density at radius 2 is 2.14 bits per heavy atom. The summed E-state index contributed by atoms with van der Waals surface area (Å²) in [5.41, 5.74) is 1.89. The average Bonchev–Trinajstić information content (AvgIpc) is 2.95. The van der Waals surface area contributed by atoms with Gasteiger partial charge in [-0.3, -0.25) is 9.78 Å². The number of hydrogen-bond acceptors (Lipinski definition) is 5. The maximum atomic E-state index is 12.5. The molecule has 3 rings (SSSR count). The zero-order chi connectivity index (χ0) is 14.8. The van der Waals surface area contributed by atoms with E-state index >= 15 is 0 Å². The number of hydrogen-bond donors (Lipinski definition) is 1. The molecule has 106 valence electrons. The minimum absolute atomic E-state index is 0.104. The third-order valence-electron chi connectivity index (χ3n) is 3.05. The van der Waals surface area contributed by atoms with Gasteiger partial charge in [-0.1, -0.05) is 13.8 Å². The molecular weight excluding hydrogens is 268 g/mol. The van der Waals surface area contributed by atoms with Gasteiger partial charge in [-0.15, -0.1) is 0 Å². The lowest BCUT2D eigenvalue weighted by atomic mass is 10.0. The summed E-state index contributed by atoms with van der Waals surface area (Å²) < 4.78 is 1.60. The molecule has 21 heavy (non-hydrogen) atoms. The van der Waals surface area contributed by atoms with E-state index in [1.807, 2.05) is 13.8 Å². The van der Waals surface area contributed by atoms with Crippen LogP contribution in [0, 0.1) is 0 Å². The summed E-state index contributed by atoms with van der Waals surface area (Å²) in [6.45, 7) is 3.99. The number of anilines is 1. The number of nitrogens with zero attached hydrogens (tertiary/aromatic N) is 5. The summed E-state index contributed by atoms with van der Waals surface area (Å²) in [4.78, 5) is 24.6. The van der Waals surface area contributed by atoms with Gasteiger partial charge < -0.3 is 5.32 Å². The van der Waals surface area contributed by atoms with Crippen molar-refractivity contribution in [1.29, 1.82) is 0 Å². The van der Waals surface area contributed by atoms with Crippen LogP contribution in [0.2, 0.25) is 0 Å². The first-order valence-corrected chi connectivity index (χ1v) is 6.57. The Hall–Kier alpha value is -2.83. The van der Waals surface area contributed by atoms with E-state index in [0.29, 0.717) is 17.0 Å². The number of fused-ring (bicyclic) bond motifs is 1. The summed E-state index contributed by atoms with van der Waals surface area (Å²) >= 11 is 0. The monoisotopic (exact) mass is 282 g/mol. The molecule has 1 amide bonds. The maximum absolute atomic E-state index is 12.5. The summed E-state index contributed by atoms with van der Waals surface area (Å²) in [5.74, 6) is 0.347. The number of carbonyl (C=O) groups excluding carboxylic acids is 1. The van der Waals surface area contributed by atoms with Gasteiger partial charge >= 0.3 is 0 Å². The first-order valence-electron chi connectivity index (χ1n) is 6.57. The Labute approximate surface area is 121 Å². The van der Waals surface area contributed by atoms with Crippen LogP contribution in [0.4, 0.5) is 5.69 Å². The van der Waals surface area contributed by atoms with E-state index in [1.54, 1.807) is 29.0 Å². The molecule has 3 heterocycles. The topological polar surface area (TPSA) is 85.1 Å². The lowest BCUT2D eigenvalue weighted by Crippen LogP contribution is -2.18. The molecule has 7 heteroatoms. The van der Waals surface area contributed by atoms with Crippen molar-refractivity contribution in [2.24, 2.45) is 0 Å². The molecule has 3 aromatic heterocycles. The van der Waals surface area contributed by atoms with E-state index in [2.05, 4.69) is 25.4 Å². The normalized spacial score (nSPS) is 11.0. The van der Waals surface area contributed by atoms with Crippen LogP contribution in [-0.4, -0.2) is 30.5 Å². The second-order valence-electron chi connectivity index (χ2n) is 4.88. The van der Waals surface area contributed by atoms with Gasteiger partial charge in [-0.05, 0) is 18.1 Å². The quantitative estimate of drug-likeness (QED) is 0.793. The molecule has 0 aliphatic rings. The standard InChI is InChI=1S/C14H14N6O/c1-9(2)12-11(7-16-14-17-8-18-20(12)14)13(21)19-10-4-3-5-15-6-10/h3-9H,1-2H3,(H,19,21). The van der Waals surface area contributed by atoms with Gasteiger partial charge in [-0.2, -0.15) is 10.1 Å². The molecule has 0 atom stereocenters.